The first-order chi connectivity index (χ1) is 12.7. The molecule has 0 fully saturated rings. The molecule has 0 bridgehead atoms. The number of aryl methyl sites for hydroxylation is 1. The van der Waals surface area contributed by atoms with E-state index >= 15 is 0 Å². The molecule has 0 aromatic carbocycles. The highest BCUT2D eigenvalue weighted by atomic mass is 32.2. The van der Waals surface area contributed by atoms with Crippen molar-refractivity contribution in [2.24, 2.45) is 0 Å². The van der Waals surface area contributed by atoms with E-state index < -0.39 is 0 Å². The largest absolute Gasteiger partial charge is 0.382 e. The molecule has 1 unspecified atom stereocenters. The molecule has 1 atom stereocenters. The topological polar surface area (TPSA) is 81.0 Å². The molecule has 2 aromatic rings. The van der Waals surface area contributed by atoms with Gasteiger partial charge in [0.2, 0.25) is 5.95 Å². The zero-order valence-electron chi connectivity index (χ0n) is 15.3. The monoisotopic (exact) mass is 375 g/mol. The average molecular weight is 376 g/mol. The van der Waals surface area contributed by atoms with Gasteiger partial charge >= 0.3 is 0 Å². The second-order valence-electron chi connectivity index (χ2n) is 6.64. The van der Waals surface area contributed by atoms with Gasteiger partial charge in [0.1, 0.15) is 12.1 Å². The molecule has 0 saturated heterocycles. The van der Waals surface area contributed by atoms with E-state index in [9.17, 15) is 0 Å². The number of aromatic nitrogens is 5. The van der Waals surface area contributed by atoms with Crippen molar-refractivity contribution in [2.45, 2.75) is 50.7 Å². The Morgan fingerprint density at radius 1 is 1.35 bits per heavy atom. The van der Waals surface area contributed by atoms with Crippen LogP contribution in [0.1, 0.15) is 31.8 Å². The number of thioether (sulfide) groups is 1. The van der Waals surface area contributed by atoms with Crippen LogP contribution in [0.4, 0.5) is 11.8 Å². The number of rotatable bonds is 7. The lowest BCUT2D eigenvalue weighted by Gasteiger charge is -2.28. The Bertz CT molecular complexity index is 766. The van der Waals surface area contributed by atoms with Crippen LogP contribution in [0.15, 0.2) is 11.2 Å². The number of fused-ring (bicyclic) bond motifs is 2. The van der Waals surface area contributed by atoms with Crippen LogP contribution in [0, 0.1) is 0 Å². The number of anilines is 2. The van der Waals surface area contributed by atoms with Gasteiger partial charge in [-0.25, -0.2) is 4.98 Å². The molecular weight excluding hydrogens is 350 g/mol. The summed E-state index contributed by atoms with van der Waals surface area (Å²) < 4.78 is 7.57. The Kier molecular flexibility index (Phi) is 5.26. The summed E-state index contributed by atoms with van der Waals surface area (Å²) in [4.78, 5) is 13.1. The third-order valence-electron chi connectivity index (χ3n) is 4.71. The molecule has 1 N–H and O–H groups in total. The van der Waals surface area contributed by atoms with E-state index in [1.807, 2.05) is 18.7 Å². The van der Waals surface area contributed by atoms with E-state index in [4.69, 9.17) is 14.7 Å². The summed E-state index contributed by atoms with van der Waals surface area (Å²) in [7, 11) is 0. The van der Waals surface area contributed by atoms with Crippen molar-refractivity contribution >= 4 is 23.5 Å². The standard InChI is InChI=1S/C17H25N7OS/c1-3-25-8-4-12(2)19-16-15-13(5-9-26-15)20-17(21-16)23-6-7-24-11-18-22-14(24)10-23/h11-12H,3-10H2,1-2H3,(H,19,20,21). The van der Waals surface area contributed by atoms with Gasteiger partial charge in [0.05, 0.1) is 17.1 Å². The summed E-state index contributed by atoms with van der Waals surface area (Å²) in [6.07, 6.45) is 3.75. The maximum absolute atomic E-state index is 5.48. The van der Waals surface area contributed by atoms with Crippen LogP contribution in [0.25, 0.3) is 0 Å². The summed E-state index contributed by atoms with van der Waals surface area (Å²) in [5.41, 5.74) is 1.16. The molecule has 2 aliphatic heterocycles. The third kappa shape index (κ3) is 3.64. The first kappa shape index (κ1) is 17.5. The smallest absolute Gasteiger partial charge is 0.228 e. The van der Waals surface area contributed by atoms with Gasteiger partial charge in [0.25, 0.3) is 0 Å². The maximum atomic E-state index is 5.48. The molecule has 0 spiro atoms. The predicted octanol–water partition coefficient (Wildman–Crippen LogP) is 1.96. The molecule has 2 aliphatic rings. The lowest BCUT2D eigenvalue weighted by Crippen LogP contribution is -2.35. The molecule has 4 rings (SSSR count). The zero-order chi connectivity index (χ0) is 17.9. The van der Waals surface area contributed by atoms with Crippen molar-refractivity contribution in [3.05, 3.63) is 17.8 Å². The number of nitrogens with zero attached hydrogens (tertiary/aromatic N) is 6. The van der Waals surface area contributed by atoms with E-state index in [1.54, 1.807) is 6.33 Å². The number of ether oxygens (including phenoxy) is 1. The first-order valence-corrected chi connectivity index (χ1v) is 10.2. The maximum Gasteiger partial charge on any atom is 0.228 e. The summed E-state index contributed by atoms with van der Waals surface area (Å²) in [5, 5.41) is 11.8. The molecule has 2 aromatic heterocycles. The quantitative estimate of drug-likeness (QED) is 0.736. The number of nitrogens with one attached hydrogen (secondary N) is 1. The van der Waals surface area contributed by atoms with Crippen LogP contribution in [0.2, 0.25) is 0 Å². The molecule has 140 valence electrons. The molecule has 0 saturated carbocycles. The Balaban J connectivity index is 1.53. The lowest BCUT2D eigenvalue weighted by atomic mass is 10.2. The number of hydrogen-bond acceptors (Lipinski definition) is 8. The van der Waals surface area contributed by atoms with E-state index in [-0.39, 0.29) is 0 Å². The Morgan fingerprint density at radius 3 is 3.15 bits per heavy atom. The van der Waals surface area contributed by atoms with E-state index in [1.165, 1.54) is 4.90 Å². The number of hydrogen-bond donors (Lipinski definition) is 1. The van der Waals surface area contributed by atoms with Gasteiger partial charge in [-0.3, -0.25) is 0 Å². The summed E-state index contributed by atoms with van der Waals surface area (Å²) >= 11 is 1.85. The second kappa shape index (κ2) is 7.79. The van der Waals surface area contributed by atoms with Gasteiger partial charge in [-0.15, -0.1) is 22.0 Å². The van der Waals surface area contributed by atoms with Gasteiger partial charge in [-0.05, 0) is 20.3 Å². The van der Waals surface area contributed by atoms with Crippen molar-refractivity contribution in [2.75, 3.05) is 35.7 Å². The Morgan fingerprint density at radius 2 is 2.27 bits per heavy atom. The van der Waals surface area contributed by atoms with Crippen LogP contribution in [-0.2, 0) is 24.2 Å². The predicted molar refractivity (Wildman–Crippen MR) is 102 cm³/mol. The minimum atomic E-state index is 0.305. The first-order valence-electron chi connectivity index (χ1n) is 9.24. The van der Waals surface area contributed by atoms with E-state index in [2.05, 4.69) is 31.9 Å². The molecular formula is C17H25N7OS. The summed E-state index contributed by atoms with van der Waals surface area (Å²) in [6, 6.07) is 0.305. The van der Waals surface area contributed by atoms with Crippen LogP contribution < -0.4 is 10.2 Å². The van der Waals surface area contributed by atoms with Crippen molar-refractivity contribution in [3.8, 4) is 0 Å². The SMILES string of the molecule is CCOCCC(C)Nc1nc(N2CCn3cnnc3C2)nc2c1SCC2. The zero-order valence-corrected chi connectivity index (χ0v) is 16.1. The minimum absolute atomic E-state index is 0.305. The fourth-order valence-electron chi connectivity index (χ4n) is 3.24. The molecule has 0 aliphatic carbocycles. The minimum Gasteiger partial charge on any atom is -0.382 e. The molecule has 0 radical (unpaired) electrons. The molecule has 0 amide bonds. The van der Waals surface area contributed by atoms with Crippen molar-refractivity contribution in [1.29, 1.82) is 0 Å². The molecule has 4 heterocycles. The van der Waals surface area contributed by atoms with Gasteiger partial charge in [-0.2, -0.15) is 4.98 Å². The van der Waals surface area contributed by atoms with Crippen molar-refractivity contribution in [1.82, 2.24) is 24.7 Å². The second-order valence-corrected chi connectivity index (χ2v) is 7.74. The van der Waals surface area contributed by atoms with Gasteiger partial charge < -0.3 is 19.5 Å². The highest BCUT2D eigenvalue weighted by molar-refractivity contribution is 7.99. The van der Waals surface area contributed by atoms with Crippen LogP contribution in [0.3, 0.4) is 0 Å². The molecule has 26 heavy (non-hydrogen) atoms. The highest BCUT2D eigenvalue weighted by Crippen LogP contribution is 2.37. The molecule has 8 nitrogen and oxygen atoms in total. The average Bonchev–Trinajstić information content (AvgIpc) is 3.30. The fraction of sp³-hybridized carbons (Fsp3) is 0.647. The summed E-state index contributed by atoms with van der Waals surface area (Å²) in [5.74, 6) is 3.79. The third-order valence-corrected chi connectivity index (χ3v) is 5.84. The Labute approximate surface area is 157 Å². The normalized spacial score (nSPS) is 17.1. The van der Waals surface area contributed by atoms with Crippen LogP contribution >= 0.6 is 11.8 Å². The van der Waals surface area contributed by atoms with Crippen LogP contribution in [-0.4, -0.2) is 56.3 Å². The van der Waals surface area contributed by atoms with Gasteiger partial charge in [-0.1, -0.05) is 0 Å². The van der Waals surface area contributed by atoms with E-state index in [0.29, 0.717) is 12.6 Å². The fourth-order valence-corrected chi connectivity index (χ4v) is 4.30. The van der Waals surface area contributed by atoms with Gasteiger partial charge in [0.15, 0.2) is 5.82 Å². The summed E-state index contributed by atoms with van der Waals surface area (Å²) in [6.45, 7) is 8.16. The molecule has 9 heteroatoms. The van der Waals surface area contributed by atoms with Crippen molar-refractivity contribution < 1.29 is 4.74 Å². The van der Waals surface area contributed by atoms with E-state index in [0.717, 1.165) is 68.2 Å². The van der Waals surface area contributed by atoms with Crippen molar-refractivity contribution in [3.63, 3.8) is 0 Å². The van der Waals surface area contributed by atoms with Crippen LogP contribution in [0.5, 0.6) is 0 Å². The Hall–Kier alpha value is -1.87. The van der Waals surface area contributed by atoms with Gasteiger partial charge in [0, 0.05) is 44.5 Å². The highest BCUT2D eigenvalue weighted by Gasteiger charge is 2.25. The lowest BCUT2D eigenvalue weighted by molar-refractivity contribution is 0.142.